The van der Waals surface area contributed by atoms with Gasteiger partial charge in [-0.1, -0.05) is 11.6 Å². The lowest BCUT2D eigenvalue weighted by Crippen LogP contribution is -2.54. The van der Waals surface area contributed by atoms with Crippen molar-refractivity contribution in [1.29, 1.82) is 0 Å². The molecule has 19 heavy (non-hydrogen) atoms. The number of hydrogen-bond donors (Lipinski definition) is 3. The van der Waals surface area contributed by atoms with E-state index in [1.165, 1.54) is 12.8 Å². The zero-order chi connectivity index (χ0) is 13.7. The summed E-state index contributed by atoms with van der Waals surface area (Å²) in [4.78, 5) is 2.62. The minimum absolute atomic E-state index is 0.190. The second-order valence-corrected chi connectivity index (χ2v) is 6.11. The first-order valence-corrected chi connectivity index (χ1v) is 7.73. The van der Waals surface area contributed by atoms with Crippen LogP contribution in [0.25, 0.3) is 0 Å². The van der Waals surface area contributed by atoms with Crippen LogP contribution in [-0.4, -0.2) is 55.9 Å². The van der Waals surface area contributed by atoms with Crippen LogP contribution < -0.4 is 16.0 Å². The molecular formula is C15H30N4. The normalized spacial score (nSPS) is 24.1. The van der Waals surface area contributed by atoms with Crippen LogP contribution in [0.3, 0.4) is 0 Å². The van der Waals surface area contributed by atoms with E-state index in [4.69, 9.17) is 0 Å². The molecule has 2 aliphatic heterocycles. The Bertz CT molecular complexity index is 299. The molecular weight excluding hydrogens is 236 g/mol. The van der Waals surface area contributed by atoms with Gasteiger partial charge in [-0.3, -0.25) is 4.90 Å². The minimum Gasteiger partial charge on any atom is -0.314 e. The first-order valence-electron chi connectivity index (χ1n) is 7.73. The van der Waals surface area contributed by atoms with Crippen molar-refractivity contribution in [2.75, 3.05) is 39.3 Å². The van der Waals surface area contributed by atoms with Gasteiger partial charge in [-0.25, -0.2) is 0 Å². The van der Waals surface area contributed by atoms with Crippen molar-refractivity contribution in [2.45, 2.75) is 45.3 Å². The van der Waals surface area contributed by atoms with Crippen LogP contribution in [0.15, 0.2) is 11.6 Å². The number of hydrogen-bond acceptors (Lipinski definition) is 4. The van der Waals surface area contributed by atoms with E-state index < -0.39 is 0 Å². The third kappa shape index (κ3) is 3.78. The maximum Gasteiger partial charge on any atom is 0.0575 e. The molecule has 0 amide bonds. The van der Waals surface area contributed by atoms with Crippen molar-refractivity contribution in [1.82, 2.24) is 20.9 Å². The molecule has 110 valence electrons. The molecule has 0 unspecified atom stereocenters. The highest BCUT2D eigenvalue weighted by atomic mass is 15.2. The zero-order valence-corrected chi connectivity index (χ0v) is 12.8. The van der Waals surface area contributed by atoms with Gasteiger partial charge in [0.05, 0.1) is 6.17 Å². The highest BCUT2D eigenvalue weighted by Crippen LogP contribution is 2.28. The number of nitrogens with zero attached hydrogens (tertiary/aromatic N) is 1. The summed E-state index contributed by atoms with van der Waals surface area (Å²) >= 11 is 0. The molecule has 0 aromatic heterocycles. The fourth-order valence-corrected chi connectivity index (χ4v) is 3.30. The lowest BCUT2D eigenvalue weighted by atomic mass is 9.87. The molecule has 0 atom stereocenters. The van der Waals surface area contributed by atoms with E-state index in [0.29, 0.717) is 6.17 Å². The Morgan fingerprint density at radius 3 is 2.37 bits per heavy atom. The van der Waals surface area contributed by atoms with Crippen LogP contribution in [0.2, 0.25) is 0 Å². The SMILES string of the molecule is C/C=C(\CCC1NCCN1)C(C)(C)N1CCNCC1. The van der Waals surface area contributed by atoms with Gasteiger partial charge in [0.15, 0.2) is 0 Å². The van der Waals surface area contributed by atoms with Gasteiger partial charge < -0.3 is 16.0 Å². The Kier molecular flexibility index (Phi) is 5.39. The zero-order valence-electron chi connectivity index (χ0n) is 12.8. The molecule has 0 aliphatic carbocycles. The van der Waals surface area contributed by atoms with Gasteiger partial charge in [-0.05, 0) is 33.6 Å². The Morgan fingerprint density at radius 2 is 1.79 bits per heavy atom. The molecule has 4 nitrogen and oxygen atoms in total. The van der Waals surface area contributed by atoms with E-state index in [9.17, 15) is 0 Å². The molecule has 0 saturated carbocycles. The molecule has 0 radical (unpaired) electrons. The largest absolute Gasteiger partial charge is 0.314 e. The number of nitrogens with one attached hydrogen (secondary N) is 3. The van der Waals surface area contributed by atoms with Gasteiger partial charge in [0.1, 0.15) is 0 Å². The Hall–Kier alpha value is -0.420. The molecule has 0 bridgehead atoms. The lowest BCUT2D eigenvalue weighted by molar-refractivity contribution is 0.128. The summed E-state index contributed by atoms with van der Waals surface area (Å²) in [6, 6.07) is 0. The molecule has 2 saturated heterocycles. The second-order valence-electron chi connectivity index (χ2n) is 6.11. The second kappa shape index (κ2) is 6.84. The summed E-state index contributed by atoms with van der Waals surface area (Å²) < 4.78 is 0. The molecule has 0 aromatic carbocycles. The summed E-state index contributed by atoms with van der Waals surface area (Å²) in [6.45, 7) is 13.7. The van der Waals surface area contributed by atoms with Gasteiger partial charge in [-0.2, -0.15) is 0 Å². The van der Waals surface area contributed by atoms with E-state index in [2.05, 4.69) is 47.7 Å². The molecule has 0 spiro atoms. The highest BCUT2D eigenvalue weighted by molar-refractivity contribution is 5.18. The smallest absolute Gasteiger partial charge is 0.0575 e. The van der Waals surface area contributed by atoms with E-state index in [-0.39, 0.29) is 5.54 Å². The average Bonchev–Trinajstić information content (AvgIpc) is 2.93. The van der Waals surface area contributed by atoms with Crippen LogP contribution in [0.1, 0.15) is 33.6 Å². The van der Waals surface area contributed by atoms with Gasteiger partial charge in [0.2, 0.25) is 0 Å². The minimum atomic E-state index is 0.190. The van der Waals surface area contributed by atoms with Crippen molar-refractivity contribution >= 4 is 0 Å². The molecule has 3 N–H and O–H groups in total. The van der Waals surface area contributed by atoms with Gasteiger partial charge in [0.25, 0.3) is 0 Å². The summed E-state index contributed by atoms with van der Waals surface area (Å²) in [6.07, 6.45) is 5.21. The van der Waals surface area contributed by atoms with E-state index in [1.54, 1.807) is 5.57 Å². The van der Waals surface area contributed by atoms with E-state index >= 15 is 0 Å². The monoisotopic (exact) mass is 266 g/mol. The molecule has 2 fully saturated rings. The molecule has 2 rings (SSSR count). The van der Waals surface area contributed by atoms with Crippen molar-refractivity contribution in [3.05, 3.63) is 11.6 Å². The number of rotatable bonds is 5. The Morgan fingerprint density at radius 1 is 1.16 bits per heavy atom. The predicted molar refractivity (Wildman–Crippen MR) is 81.3 cm³/mol. The average molecular weight is 266 g/mol. The van der Waals surface area contributed by atoms with Gasteiger partial charge in [0, 0.05) is 44.8 Å². The summed E-state index contributed by atoms with van der Waals surface area (Å²) in [7, 11) is 0. The third-order valence-corrected chi connectivity index (χ3v) is 4.65. The summed E-state index contributed by atoms with van der Waals surface area (Å²) in [5.41, 5.74) is 1.76. The summed E-state index contributed by atoms with van der Waals surface area (Å²) in [5, 5.41) is 10.4. The van der Waals surface area contributed by atoms with Crippen molar-refractivity contribution < 1.29 is 0 Å². The number of piperazine rings is 1. The topological polar surface area (TPSA) is 39.3 Å². The van der Waals surface area contributed by atoms with Crippen LogP contribution in [0, 0.1) is 0 Å². The molecule has 2 aliphatic rings. The fourth-order valence-electron chi connectivity index (χ4n) is 3.30. The quantitative estimate of drug-likeness (QED) is 0.647. The first-order chi connectivity index (χ1) is 9.14. The standard InChI is InChI=1S/C15H30N4/c1-4-13(5-6-14-17-7-8-18-14)15(2,3)19-11-9-16-10-12-19/h4,14,16-18H,5-12H2,1-3H3/b13-4+. The highest BCUT2D eigenvalue weighted by Gasteiger charge is 2.31. The number of allylic oxidation sites excluding steroid dienone is 1. The first kappa shape index (κ1) is 15.0. The Labute approximate surface area is 118 Å². The van der Waals surface area contributed by atoms with Crippen molar-refractivity contribution in [3.63, 3.8) is 0 Å². The van der Waals surface area contributed by atoms with Crippen molar-refractivity contribution in [2.24, 2.45) is 0 Å². The fraction of sp³-hybridized carbons (Fsp3) is 0.867. The van der Waals surface area contributed by atoms with E-state index in [1.807, 2.05) is 0 Å². The third-order valence-electron chi connectivity index (χ3n) is 4.65. The van der Waals surface area contributed by atoms with Gasteiger partial charge >= 0.3 is 0 Å². The molecule has 0 aromatic rings. The van der Waals surface area contributed by atoms with Crippen LogP contribution >= 0.6 is 0 Å². The summed E-state index contributed by atoms with van der Waals surface area (Å²) in [5.74, 6) is 0. The predicted octanol–water partition coefficient (Wildman–Crippen LogP) is 0.916. The van der Waals surface area contributed by atoms with Crippen molar-refractivity contribution in [3.8, 4) is 0 Å². The van der Waals surface area contributed by atoms with Crippen LogP contribution in [-0.2, 0) is 0 Å². The molecule has 4 heteroatoms. The van der Waals surface area contributed by atoms with Crippen LogP contribution in [0.4, 0.5) is 0 Å². The van der Waals surface area contributed by atoms with Crippen LogP contribution in [0.5, 0.6) is 0 Å². The Balaban J connectivity index is 1.90. The maximum absolute atomic E-state index is 3.51. The lowest BCUT2D eigenvalue weighted by Gasteiger charge is -2.43. The van der Waals surface area contributed by atoms with E-state index in [0.717, 1.165) is 39.3 Å². The van der Waals surface area contributed by atoms with Gasteiger partial charge in [-0.15, -0.1) is 0 Å². The molecule has 2 heterocycles. The maximum atomic E-state index is 3.51.